The van der Waals surface area contributed by atoms with Crippen LogP contribution in [0.1, 0.15) is 32.4 Å². The van der Waals surface area contributed by atoms with Crippen molar-refractivity contribution in [2.45, 2.75) is 39.2 Å². The zero-order valence-corrected chi connectivity index (χ0v) is 17.5. The number of aromatic amines is 1. The number of fused-ring (bicyclic) bond motifs is 1. The Morgan fingerprint density at radius 1 is 1.39 bits per heavy atom. The van der Waals surface area contributed by atoms with Gasteiger partial charge in [-0.3, -0.25) is 9.48 Å². The SMILES string of the molecule is CCCOc1ncc(N[C@H](C=O)C(=O)O)cc1-c1nc2c(CCC)nn(C)c2c(=O)[nH]1. The minimum atomic E-state index is -1.44. The van der Waals surface area contributed by atoms with E-state index in [4.69, 9.17) is 9.84 Å². The lowest BCUT2D eigenvalue weighted by Gasteiger charge is -2.14. The number of rotatable bonds is 10. The van der Waals surface area contributed by atoms with Gasteiger partial charge in [-0.25, -0.2) is 14.8 Å². The Balaban J connectivity index is 2.16. The number of aldehydes is 1. The molecule has 3 aromatic rings. The number of carboxylic acids is 1. The number of nitrogens with zero attached hydrogens (tertiary/aromatic N) is 4. The molecular formula is C20H24N6O5. The van der Waals surface area contributed by atoms with E-state index in [0.29, 0.717) is 35.3 Å². The number of ether oxygens (including phenoxy) is 1. The highest BCUT2D eigenvalue weighted by Gasteiger charge is 2.20. The minimum Gasteiger partial charge on any atom is -0.479 e. The van der Waals surface area contributed by atoms with Crippen molar-refractivity contribution in [1.82, 2.24) is 24.7 Å². The van der Waals surface area contributed by atoms with Gasteiger partial charge in [-0.1, -0.05) is 20.3 Å². The van der Waals surface area contributed by atoms with Crippen LogP contribution >= 0.6 is 0 Å². The number of carbonyl (C=O) groups excluding carboxylic acids is 1. The first kappa shape index (κ1) is 21.9. The Bertz CT molecular complexity index is 1170. The predicted octanol–water partition coefficient (Wildman–Crippen LogP) is 1.52. The van der Waals surface area contributed by atoms with Crippen LogP contribution in [0.15, 0.2) is 17.1 Å². The summed E-state index contributed by atoms with van der Waals surface area (Å²) in [4.78, 5) is 46.6. The molecule has 11 heteroatoms. The molecule has 0 bridgehead atoms. The number of hydrogen-bond acceptors (Lipinski definition) is 8. The van der Waals surface area contributed by atoms with Crippen LogP contribution in [0.3, 0.4) is 0 Å². The van der Waals surface area contributed by atoms with Gasteiger partial charge in [0.15, 0.2) is 17.8 Å². The van der Waals surface area contributed by atoms with Gasteiger partial charge in [0.2, 0.25) is 5.88 Å². The van der Waals surface area contributed by atoms with Crippen molar-refractivity contribution in [2.24, 2.45) is 7.05 Å². The summed E-state index contributed by atoms with van der Waals surface area (Å²) in [5.41, 5.74) is 1.81. The van der Waals surface area contributed by atoms with Gasteiger partial charge >= 0.3 is 5.97 Å². The van der Waals surface area contributed by atoms with E-state index in [-0.39, 0.29) is 29.2 Å². The number of hydrogen-bond donors (Lipinski definition) is 3. The molecule has 0 radical (unpaired) electrons. The van der Waals surface area contributed by atoms with Crippen molar-refractivity contribution < 1.29 is 19.4 Å². The highest BCUT2D eigenvalue weighted by atomic mass is 16.5. The molecule has 3 heterocycles. The second-order valence-corrected chi connectivity index (χ2v) is 6.95. The van der Waals surface area contributed by atoms with Crippen molar-refractivity contribution in [1.29, 1.82) is 0 Å². The van der Waals surface area contributed by atoms with E-state index >= 15 is 0 Å². The molecule has 0 aromatic carbocycles. The monoisotopic (exact) mass is 428 g/mol. The van der Waals surface area contributed by atoms with Crippen molar-refractivity contribution in [2.75, 3.05) is 11.9 Å². The van der Waals surface area contributed by atoms with Gasteiger partial charge in [-0.2, -0.15) is 5.10 Å². The number of carboxylic acid groups (broad SMARTS) is 1. The molecule has 11 nitrogen and oxygen atoms in total. The third-order valence-corrected chi connectivity index (χ3v) is 4.52. The molecule has 31 heavy (non-hydrogen) atoms. The molecule has 0 aliphatic rings. The second kappa shape index (κ2) is 9.37. The van der Waals surface area contributed by atoms with Crippen LogP contribution < -0.4 is 15.6 Å². The molecule has 164 valence electrons. The number of carbonyl (C=O) groups is 2. The van der Waals surface area contributed by atoms with E-state index in [2.05, 4.69) is 25.4 Å². The minimum absolute atomic E-state index is 0.211. The van der Waals surface area contributed by atoms with Gasteiger partial charge in [-0.05, 0) is 18.9 Å². The molecule has 0 amide bonds. The molecule has 1 atom stereocenters. The summed E-state index contributed by atoms with van der Waals surface area (Å²) in [5, 5.41) is 16.1. The molecular weight excluding hydrogens is 404 g/mol. The molecule has 0 spiro atoms. The number of nitrogens with one attached hydrogen (secondary N) is 2. The highest BCUT2D eigenvalue weighted by molar-refractivity contribution is 5.94. The van der Waals surface area contributed by atoms with Crippen LogP contribution in [0, 0.1) is 0 Å². The fourth-order valence-corrected chi connectivity index (χ4v) is 3.13. The largest absolute Gasteiger partial charge is 0.479 e. The summed E-state index contributed by atoms with van der Waals surface area (Å²) in [6.45, 7) is 4.34. The van der Waals surface area contributed by atoms with Crippen molar-refractivity contribution in [3.63, 3.8) is 0 Å². The normalized spacial score (nSPS) is 12.0. The van der Waals surface area contributed by atoms with Crippen LogP contribution in [0.5, 0.6) is 5.88 Å². The summed E-state index contributed by atoms with van der Waals surface area (Å²) in [5.74, 6) is -0.882. The van der Waals surface area contributed by atoms with Crippen LogP contribution in [0.25, 0.3) is 22.4 Å². The fourth-order valence-electron chi connectivity index (χ4n) is 3.13. The molecule has 0 saturated heterocycles. The Morgan fingerprint density at radius 3 is 2.81 bits per heavy atom. The lowest BCUT2D eigenvalue weighted by atomic mass is 10.2. The maximum absolute atomic E-state index is 12.8. The third kappa shape index (κ3) is 4.55. The van der Waals surface area contributed by atoms with E-state index in [1.165, 1.54) is 16.9 Å². The number of aromatic nitrogens is 5. The van der Waals surface area contributed by atoms with Crippen LogP contribution in [0.2, 0.25) is 0 Å². The van der Waals surface area contributed by atoms with E-state index in [1.807, 2.05) is 13.8 Å². The van der Waals surface area contributed by atoms with Gasteiger partial charge in [0.25, 0.3) is 5.56 Å². The quantitative estimate of drug-likeness (QED) is 0.322. The van der Waals surface area contributed by atoms with Crippen molar-refractivity contribution >= 4 is 29.0 Å². The molecule has 0 fully saturated rings. The Morgan fingerprint density at radius 2 is 2.16 bits per heavy atom. The van der Waals surface area contributed by atoms with Gasteiger partial charge in [0.05, 0.1) is 29.7 Å². The van der Waals surface area contributed by atoms with Gasteiger partial charge < -0.3 is 24.9 Å². The zero-order valence-electron chi connectivity index (χ0n) is 17.5. The first-order valence-electron chi connectivity index (χ1n) is 9.93. The van der Waals surface area contributed by atoms with E-state index in [9.17, 15) is 14.4 Å². The number of H-pyrrole nitrogens is 1. The lowest BCUT2D eigenvalue weighted by molar-refractivity contribution is -0.139. The van der Waals surface area contributed by atoms with Gasteiger partial charge in [0, 0.05) is 7.05 Å². The predicted molar refractivity (Wildman–Crippen MR) is 113 cm³/mol. The number of aryl methyl sites for hydroxylation is 2. The second-order valence-electron chi connectivity index (χ2n) is 6.95. The molecule has 0 aliphatic heterocycles. The maximum atomic E-state index is 12.8. The molecule has 0 unspecified atom stereocenters. The standard InChI is InChI=1S/C20H24N6O5/c1-4-6-13-15-16(26(3)25-13)18(28)24-17(23-15)12-8-11(22-14(10-27)20(29)30)9-21-19(12)31-7-5-2/h8-10,14,22H,4-7H2,1-3H3,(H,29,30)(H,23,24,28)/t14-/m1/s1. The molecule has 0 aliphatic carbocycles. The van der Waals surface area contributed by atoms with Crippen molar-refractivity contribution in [3.8, 4) is 17.3 Å². The lowest BCUT2D eigenvalue weighted by Crippen LogP contribution is -2.30. The van der Waals surface area contributed by atoms with Gasteiger partial charge in [0.1, 0.15) is 11.3 Å². The topological polar surface area (TPSA) is 152 Å². The third-order valence-electron chi connectivity index (χ3n) is 4.52. The molecule has 0 saturated carbocycles. The average molecular weight is 428 g/mol. The van der Waals surface area contributed by atoms with E-state index in [0.717, 1.165) is 12.8 Å². The number of aliphatic carboxylic acids is 1. The first-order valence-corrected chi connectivity index (χ1v) is 9.93. The molecule has 3 aromatic heterocycles. The van der Waals surface area contributed by atoms with Crippen LogP contribution in [-0.4, -0.2) is 54.7 Å². The summed E-state index contributed by atoms with van der Waals surface area (Å²) in [6.07, 6.45) is 3.87. The number of pyridine rings is 1. The zero-order chi connectivity index (χ0) is 22.5. The fraction of sp³-hybridized carbons (Fsp3) is 0.400. The smallest absolute Gasteiger partial charge is 0.333 e. The summed E-state index contributed by atoms with van der Waals surface area (Å²) in [6, 6.07) is 0.0956. The van der Waals surface area contributed by atoms with Crippen LogP contribution in [-0.2, 0) is 23.1 Å². The van der Waals surface area contributed by atoms with Crippen LogP contribution in [0.4, 0.5) is 5.69 Å². The Hall–Kier alpha value is -3.76. The van der Waals surface area contributed by atoms with Gasteiger partial charge in [-0.15, -0.1) is 0 Å². The molecule has 3 rings (SSSR count). The summed E-state index contributed by atoms with van der Waals surface area (Å²) < 4.78 is 7.20. The van der Waals surface area contributed by atoms with E-state index in [1.54, 1.807) is 7.05 Å². The first-order chi connectivity index (χ1) is 14.9. The molecule has 3 N–H and O–H groups in total. The highest BCUT2D eigenvalue weighted by Crippen LogP contribution is 2.29. The maximum Gasteiger partial charge on any atom is 0.333 e. The van der Waals surface area contributed by atoms with Crippen molar-refractivity contribution in [3.05, 3.63) is 28.3 Å². The Kier molecular flexibility index (Phi) is 6.63. The number of anilines is 1. The average Bonchev–Trinajstić information content (AvgIpc) is 3.06. The summed E-state index contributed by atoms with van der Waals surface area (Å²) >= 11 is 0. The Labute approximate surface area is 177 Å². The summed E-state index contributed by atoms with van der Waals surface area (Å²) in [7, 11) is 1.69. The van der Waals surface area contributed by atoms with E-state index < -0.39 is 12.0 Å².